The maximum absolute atomic E-state index is 12.4. The van der Waals surface area contributed by atoms with Gasteiger partial charge in [0, 0.05) is 13.1 Å². The van der Waals surface area contributed by atoms with Gasteiger partial charge in [0.15, 0.2) is 0 Å². The first-order valence-corrected chi connectivity index (χ1v) is 7.43. The van der Waals surface area contributed by atoms with E-state index < -0.39 is 5.97 Å². The number of rotatable bonds is 5. The minimum absolute atomic E-state index is 0. The van der Waals surface area contributed by atoms with Gasteiger partial charge in [0.05, 0.1) is 25.9 Å². The first-order valence-electron chi connectivity index (χ1n) is 7.43. The number of nitrogens with one attached hydrogen (secondary N) is 1. The van der Waals surface area contributed by atoms with E-state index in [1.807, 2.05) is 30.3 Å². The Bertz CT molecular complexity index is 495. The second-order valence-electron chi connectivity index (χ2n) is 5.71. The predicted molar refractivity (Wildman–Crippen MR) is 79.1 cm³/mol. The molecule has 0 bridgehead atoms. The fraction of sp³-hybridized carbons (Fsp3) is 0.500. The molecule has 5 nitrogen and oxygen atoms in total. The maximum Gasteiger partial charge on any atom is 0.316 e. The van der Waals surface area contributed by atoms with Gasteiger partial charge in [-0.2, -0.15) is 0 Å². The van der Waals surface area contributed by atoms with Gasteiger partial charge in [-0.1, -0.05) is 30.3 Å². The fourth-order valence-corrected chi connectivity index (χ4v) is 2.88. The molecule has 1 unspecified atom stereocenters. The molecule has 1 fully saturated rings. The summed E-state index contributed by atoms with van der Waals surface area (Å²) in [6.07, 6.45) is 0.635. The van der Waals surface area contributed by atoms with Crippen LogP contribution in [-0.4, -0.2) is 54.1 Å². The average molecular weight is 327 g/mol. The summed E-state index contributed by atoms with van der Waals surface area (Å²) in [5, 5.41) is 8.73. The van der Waals surface area contributed by atoms with Crippen LogP contribution in [0.3, 0.4) is 0 Å². The molecule has 2 atom stereocenters. The van der Waals surface area contributed by atoms with Crippen LogP contribution in [0.4, 0.5) is 0 Å². The van der Waals surface area contributed by atoms with Crippen LogP contribution in [0.15, 0.2) is 30.3 Å². The number of hydrogen-bond acceptors (Lipinski definition) is 3. The summed E-state index contributed by atoms with van der Waals surface area (Å²) in [5.41, 5.74) is 1.05. The van der Waals surface area contributed by atoms with Crippen molar-refractivity contribution in [2.45, 2.75) is 25.8 Å². The number of benzene rings is 1. The SMILES string of the molecule is C[C@H]1CN(CCC(=O)O)CC[NH+]1C(=O)Cc1ccccc1.[Cl-]. The number of quaternary nitrogens is 1. The van der Waals surface area contributed by atoms with E-state index in [1.54, 1.807) is 0 Å². The molecule has 6 heteroatoms. The third-order valence-electron chi connectivity index (χ3n) is 4.03. The molecule has 1 aliphatic rings. The quantitative estimate of drug-likeness (QED) is 0.599. The summed E-state index contributed by atoms with van der Waals surface area (Å²) in [6.45, 7) is 4.95. The number of amides is 1. The Morgan fingerprint density at radius 1 is 1.32 bits per heavy atom. The van der Waals surface area contributed by atoms with Crippen LogP contribution in [0, 0.1) is 0 Å². The number of carboxylic acids is 1. The molecular weight excluding hydrogens is 304 g/mol. The molecule has 2 N–H and O–H groups in total. The molecule has 0 spiro atoms. The van der Waals surface area contributed by atoms with E-state index >= 15 is 0 Å². The van der Waals surface area contributed by atoms with Crippen molar-refractivity contribution in [3.05, 3.63) is 35.9 Å². The van der Waals surface area contributed by atoms with Crippen molar-refractivity contribution in [3.63, 3.8) is 0 Å². The summed E-state index contributed by atoms with van der Waals surface area (Å²) < 4.78 is 0. The van der Waals surface area contributed by atoms with Gasteiger partial charge in [0.2, 0.25) is 0 Å². The molecule has 0 radical (unpaired) electrons. The highest BCUT2D eigenvalue weighted by molar-refractivity contribution is 5.70. The summed E-state index contributed by atoms with van der Waals surface area (Å²) in [7, 11) is 0. The van der Waals surface area contributed by atoms with E-state index in [0.717, 1.165) is 30.1 Å². The highest BCUT2D eigenvalue weighted by Gasteiger charge is 2.32. The van der Waals surface area contributed by atoms with Crippen molar-refractivity contribution < 1.29 is 32.0 Å². The largest absolute Gasteiger partial charge is 1.00 e. The van der Waals surface area contributed by atoms with Crippen molar-refractivity contribution >= 4 is 11.9 Å². The standard InChI is InChI=1S/C16H22N2O3.ClH/c1-13-12-17(8-7-16(20)21)9-10-18(13)15(19)11-14-5-3-2-4-6-14;/h2-6,13H,7-12H2,1H3,(H,20,21);1H/t13-;/m0./s1. The third-order valence-corrected chi connectivity index (χ3v) is 4.03. The third kappa shape index (κ3) is 5.40. The van der Waals surface area contributed by atoms with Crippen molar-refractivity contribution in [2.75, 3.05) is 26.2 Å². The van der Waals surface area contributed by atoms with Gasteiger partial charge in [0.25, 0.3) is 0 Å². The smallest absolute Gasteiger partial charge is 0.316 e. The number of piperazine rings is 1. The number of aliphatic carboxylic acids is 1. The second-order valence-corrected chi connectivity index (χ2v) is 5.71. The fourth-order valence-electron chi connectivity index (χ4n) is 2.88. The Morgan fingerprint density at radius 3 is 2.59 bits per heavy atom. The molecule has 0 aromatic heterocycles. The lowest BCUT2D eigenvalue weighted by atomic mass is 10.1. The Labute approximate surface area is 137 Å². The molecule has 1 aromatic rings. The molecule has 2 rings (SSSR count). The zero-order chi connectivity index (χ0) is 15.2. The molecule has 22 heavy (non-hydrogen) atoms. The van der Waals surface area contributed by atoms with E-state index in [9.17, 15) is 9.59 Å². The summed E-state index contributed by atoms with van der Waals surface area (Å²) in [5.74, 6) is -0.538. The first-order chi connectivity index (χ1) is 10.1. The monoisotopic (exact) mass is 326 g/mol. The number of nitrogens with zero attached hydrogens (tertiary/aromatic N) is 1. The molecule has 1 aromatic carbocycles. The number of halogens is 1. The minimum Gasteiger partial charge on any atom is -1.00 e. The number of hydrogen-bond donors (Lipinski definition) is 2. The number of carbonyl (C=O) groups is 2. The Hall–Kier alpha value is -1.43. The van der Waals surface area contributed by atoms with Gasteiger partial charge < -0.3 is 17.5 Å². The molecule has 1 aliphatic heterocycles. The lowest BCUT2D eigenvalue weighted by Gasteiger charge is -2.35. The highest BCUT2D eigenvalue weighted by atomic mass is 35.5. The van der Waals surface area contributed by atoms with Crippen molar-refractivity contribution in [2.24, 2.45) is 0 Å². The average Bonchev–Trinajstić information content (AvgIpc) is 2.46. The van der Waals surface area contributed by atoms with Crippen LogP contribution in [0.2, 0.25) is 0 Å². The van der Waals surface area contributed by atoms with Gasteiger partial charge in [-0.25, -0.2) is 4.79 Å². The Morgan fingerprint density at radius 2 is 2.00 bits per heavy atom. The van der Waals surface area contributed by atoms with Gasteiger partial charge >= 0.3 is 11.9 Å². The van der Waals surface area contributed by atoms with E-state index in [1.165, 1.54) is 0 Å². The van der Waals surface area contributed by atoms with Gasteiger partial charge in [-0.3, -0.25) is 14.6 Å². The van der Waals surface area contributed by atoms with Crippen LogP contribution in [0.25, 0.3) is 0 Å². The lowest BCUT2D eigenvalue weighted by molar-refractivity contribution is -0.851. The van der Waals surface area contributed by atoms with Crippen LogP contribution in [-0.2, 0) is 16.0 Å². The van der Waals surface area contributed by atoms with Crippen LogP contribution in [0.1, 0.15) is 18.9 Å². The Kier molecular flexibility index (Phi) is 7.51. The maximum atomic E-state index is 12.4. The molecule has 0 aliphatic carbocycles. The second kappa shape index (κ2) is 8.88. The summed E-state index contributed by atoms with van der Waals surface area (Å²) in [4.78, 5) is 26.2. The summed E-state index contributed by atoms with van der Waals surface area (Å²) >= 11 is 0. The van der Waals surface area contributed by atoms with Gasteiger partial charge in [0.1, 0.15) is 6.04 Å². The minimum atomic E-state index is -0.766. The number of carbonyl (C=O) groups excluding carboxylic acids is 1. The van der Waals surface area contributed by atoms with Crippen molar-refractivity contribution in [1.82, 2.24) is 4.90 Å². The van der Waals surface area contributed by atoms with Crippen molar-refractivity contribution in [3.8, 4) is 0 Å². The van der Waals surface area contributed by atoms with Crippen molar-refractivity contribution in [1.29, 1.82) is 0 Å². The van der Waals surface area contributed by atoms with Crippen LogP contribution in [0.5, 0.6) is 0 Å². The molecule has 1 amide bonds. The first kappa shape index (κ1) is 18.6. The van der Waals surface area contributed by atoms with Crippen LogP contribution < -0.4 is 17.3 Å². The molecule has 1 saturated heterocycles. The van der Waals surface area contributed by atoms with E-state index in [4.69, 9.17) is 5.11 Å². The molecule has 0 saturated carbocycles. The molecular formula is C16H23ClN2O3. The van der Waals surface area contributed by atoms with E-state index in [2.05, 4.69) is 11.8 Å². The van der Waals surface area contributed by atoms with Crippen LogP contribution >= 0.6 is 0 Å². The van der Waals surface area contributed by atoms with E-state index in [0.29, 0.717) is 13.0 Å². The zero-order valence-electron chi connectivity index (χ0n) is 12.8. The topological polar surface area (TPSA) is 62.1 Å². The lowest BCUT2D eigenvalue weighted by Crippen LogP contribution is -3.20. The normalized spacial score (nSPS) is 21.9. The predicted octanol–water partition coefficient (Wildman–Crippen LogP) is -3.18. The Balaban J connectivity index is 0.00000242. The summed E-state index contributed by atoms with van der Waals surface area (Å²) in [6, 6.07) is 10.0. The highest BCUT2D eigenvalue weighted by Crippen LogP contribution is 2.01. The van der Waals surface area contributed by atoms with E-state index in [-0.39, 0.29) is 30.8 Å². The number of carboxylic acid groups (broad SMARTS) is 1. The molecule has 122 valence electrons. The van der Waals surface area contributed by atoms with Gasteiger partial charge in [-0.05, 0) is 12.5 Å². The molecule has 1 heterocycles. The van der Waals surface area contributed by atoms with Gasteiger partial charge in [-0.15, -0.1) is 0 Å². The zero-order valence-corrected chi connectivity index (χ0v) is 13.6.